The largest absolute Gasteiger partial charge is 0.481 e. The molecule has 4 nitrogen and oxygen atoms in total. The zero-order valence-electron chi connectivity index (χ0n) is 10.7. The molecule has 20 heavy (non-hydrogen) atoms. The lowest BCUT2D eigenvalue weighted by Crippen LogP contribution is -2.33. The maximum Gasteiger partial charge on any atom is 0.306 e. The Morgan fingerprint density at radius 1 is 1.40 bits per heavy atom. The second kappa shape index (κ2) is 6.22. The molecule has 2 rings (SSSR count). The molecule has 6 heteroatoms. The monoisotopic (exact) mass is 299 g/mol. The van der Waals surface area contributed by atoms with Gasteiger partial charge in [0.25, 0.3) is 5.91 Å². The topological polar surface area (TPSA) is 66.4 Å². The van der Waals surface area contributed by atoms with E-state index in [1.165, 1.54) is 6.07 Å². The Morgan fingerprint density at radius 3 is 2.80 bits per heavy atom. The highest BCUT2D eigenvalue weighted by Gasteiger charge is 2.32. The number of aliphatic carboxylic acids is 1. The molecule has 2 atom stereocenters. The Morgan fingerprint density at radius 2 is 2.15 bits per heavy atom. The van der Waals surface area contributed by atoms with Gasteiger partial charge in [0.15, 0.2) is 0 Å². The molecule has 0 bridgehead atoms. The summed E-state index contributed by atoms with van der Waals surface area (Å²) in [6.07, 6.45) is 2.29. The summed E-state index contributed by atoms with van der Waals surface area (Å²) < 4.78 is 12.9. The average molecular weight is 300 g/mol. The summed E-state index contributed by atoms with van der Waals surface area (Å²) in [6.45, 7) is 0.295. The van der Waals surface area contributed by atoms with E-state index in [9.17, 15) is 14.0 Å². The summed E-state index contributed by atoms with van der Waals surface area (Å²) >= 11 is 5.80. The SMILES string of the molecule is O=C(NCC1CCCC1C(=O)O)c1ccc(F)cc1Cl. The van der Waals surface area contributed by atoms with Crippen LogP contribution in [-0.2, 0) is 4.79 Å². The highest BCUT2D eigenvalue weighted by atomic mass is 35.5. The first-order chi connectivity index (χ1) is 9.49. The number of carboxylic acids is 1. The molecule has 1 saturated carbocycles. The second-order valence-corrected chi connectivity index (χ2v) is 5.38. The molecule has 1 amide bonds. The summed E-state index contributed by atoms with van der Waals surface area (Å²) in [4.78, 5) is 23.0. The van der Waals surface area contributed by atoms with Crippen LogP contribution in [0.25, 0.3) is 0 Å². The summed E-state index contributed by atoms with van der Waals surface area (Å²) in [5.41, 5.74) is 0.193. The molecule has 1 fully saturated rings. The van der Waals surface area contributed by atoms with Crippen molar-refractivity contribution >= 4 is 23.5 Å². The van der Waals surface area contributed by atoms with E-state index in [4.69, 9.17) is 16.7 Å². The minimum Gasteiger partial charge on any atom is -0.481 e. The molecular formula is C14H15ClFNO3. The van der Waals surface area contributed by atoms with Gasteiger partial charge >= 0.3 is 5.97 Å². The lowest BCUT2D eigenvalue weighted by Gasteiger charge is -2.16. The van der Waals surface area contributed by atoms with Gasteiger partial charge in [-0.25, -0.2) is 4.39 Å². The molecule has 0 aromatic heterocycles. The third-order valence-corrected chi connectivity index (χ3v) is 3.99. The van der Waals surface area contributed by atoms with Crippen molar-refractivity contribution in [2.75, 3.05) is 6.54 Å². The third-order valence-electron chi connectivity index (χ3n) is 3.68. The van der Waals surface area contributed by atoms with Gasteiger partial charge in [-0.05, 0) is 37.0 Å². The van der Waals surface area contributed by atoms with Crippen molar-refractivity contribution in [2.45, 2.75) is 19.3 Å². The standard InChI is InChI=1S/C14H15ClFNO3/c15-12-6-9(16)4-5-11(12)13(18)17-7-8-2-1-3-10(8)14(19)20/h4-6,8,10H,1-3,7H2,(H,17,18)(H,19,20). The minimum atomic E-state index is -0.818. The van der Waals surface area contributed by atoms with E-state index in [2.05, 4.69) is 5.32 Å². The van der Waals surface area contributed by atoms with Crippen LogP contribution in [0, 0.1) is 17.7 Å². The molecule has 1 aromatic carbocycles. The van der Waals surface area contributed by atoms with E-state index in [-0.39, 0.29) is 16.5 Å². The fourth-order valence-corrected chi connectivity index (χ4v) is 2.85. The van der Waals surface area contributed by atoms with Crippen LogP contribution in [-0.4, -0.2) is 23.5 Å². The van der Waals surface area contributed by atoms with Gasteiger partial charge in [0.1, 0.15) is 5.82 Å². The van der Waals surface area contributed by atoms with Crippen molar-refractivity contribution in [3.05, 3.63) is 34.6 Å². The van der Waals surface area contributed by atoms with Gasteiger partial charge in [-0.1, -0.05) is 18.0 Å². The number of rotatable bonds is 4. The van der Waals surface area contributed by atoms with Crippen LogP contribution in [0.2, 0.25) is 5.02 Å². The van der Waals surface area contributed by atoms with Gasteiger partial charge in [-0.2, -0.15) is 0 Å². The van der Waals surface area contributed by atoms with E-state index in [1.54, 1.807) is 0 Å². The average Bonchev–Trinajstić information content (AvgIpc) is 2.84. The molecule has 2 unspecified atom stereocenters. The molecule has 0 radical (unpaired) electrons. The molecule has 1 aliphatic carbocycles. The number of carbonyl (C=O) groups excluding carboxylic acids is 1. The number of carboxylic acid groups (broad SMARTS) is 1. The molecule has 1 aromatic rings. The van der Waals surface area contributed by atoms with E-state index < -0.39 is 23.6 Å². The maximum atomic E-state index is 12.9. The summed E-state index contributed by atoms with van der Waals surface area (Å²) in [5, 5.41) is 11.8. The zero-order valence-corrected chi connectivity index (χ0v) is 11.5. The molecule has 0 heterocycles. The second-order valence-electron chi connectivity index (χ2n) is 4.97. The fourth-order valence-electron chi connectivity index (χ4n) is 2.60. The highest BCUT2D eigenvalue weighted by molar-refractivity contribution is 6.33. The number of amides is 1. The Kier molecular flexibility index (Phi) is 4.60. The van der Waals surface area contributed by atoms with Gasteiger partial charge in [-0.15, -0.1) is 0 Å². The summed E-state index contributed by atoms with van der Waals surface area (Å²) in [7, 11) is 0. The van der Waals surface area contributed by atoms with Gasteiger partial charge < -0.3 is 10.4 Å². The predicted molar refractivity (Wildman–Crippen MR) is 72.2 cm³/mol. The highest BCUT2D eigenvalue weighted by Crippen LogP contribution is 2.31. The van der Waals surface area contributed by atoms with Crippen molar-refractivity contribution < 1.29 is 19.1 Å². The lowest BCUT2D eigenvalue weighted by atomic mass is 9.96. The Hall–Kier alpha value is -1.62. The number of nitrogens with one attached hydrogen (secondary N) is 1. The van der Waals surface area contributed by atoms with Crippen LogP contribution >= 0.6 is 11.6 Å². The van der Waals surface area contributed by atoms with Crippen molar-refractivity contribution in [3.8, 4) is 0 Å². The molecule has 0 saturated heterocycles. The Labute approximate surface area is 120 Å². The number of carbonyl (C=O) groups is 2. The molecule has 108 valence electrons. The van der Waals surface area contributed by atoms with Gasteiger partial charge in [-0.3, -0.25) is 9.59 Å². The van der Waals surface area contributed by atoms with Crippen molar-refractivity contribution in [1.29, 1.82) is 0 Å². The molecule has 2 N–H and O–H groups in total. The van der Waals surface area contributed by atoms with Crippen molar-refractivity contribution in [1.82, 2.24) is 5.32 Å². The normalized spacial score (nSPS) is 21.7. The van der Waals surface area contributed by atoms with Crippen LogP contribution in [0.3, 0.4) is 0 Å². The van der Waals surface area contributed by atoms with Gasteiger partial charge in [0.05, 0.1) is 16.5 Å². The Bertz CT molecular complexity index is 535. The van der Waals surface area contributed by atoms with Crippen LogP contribution in [0.15, 0.2) is 18.2 Å². The van der Waals surface area contributed by atoms with Crippen LogP contribution < -0.4 is 5.32 Å². The van der Waals surface area contributed by atoms with Crippen LogP contribution in [0.5, 0.6) is 0 Å². The first-order valence-corrected chi connectivity index (χ1v) is 6.83. The van der Waals surface area contributed by atoms with E-state index in [0.29, 0.717) is 13.0 Å². The van der Waals surface area contributed by atoms with Gasteiger partial charge in [0.2, 0.25) is 0 Å². The Balaban J connectivity index is 1.97. The van der Waals surface area contributed by atoms with Gasteiger partial charge in [0, 0.05) is 6.54 Å². The third kappa shape index (κ3) is 3.28. The van der Waals surface area contributed by atoms with Crippen molar-refractivity contribution in [3.63, 3.8) is 0 Å². The summed E-state index contributed by atoms with van der Waals surface area (Å²) in [5.74, 6) is -2.20. The summed E-state index contributed by atoms with van der Waals surface area (Å²) in [6, 6.07) is 3.55. The number of halogens is 2. The lowest BCUT2D eigenvalue weighted by molar-refractivity contribution is -0.142. The van der Waals surface area contributed by atoms with E-state index in [1.807, 2.05) is 0 Å². The molecule has 0 aliphatic heterocycles. The first kappa shape index (κ1) is 14.8. The molecular weight excluding hydrogens is 285 g/mol. The van der Waals surface area contributed by atoms with E-state index in [0.717, 1.165) is 25.0 Å². The molecule has 1 aliphatic rings. The van der Waals surface area contributed by atoms with Crippen LogP contribution in [0.1, 0.15) is 29.6 Å². The van der Waals surface area contributed by atoms with Crippen LogP contribution in [0.4, 0.5) is 4.39 Å². The van der Waals surface area contributed by atoms with E-state index >= 15 is 0 Å². The first-order valence-electron chi connectivity index (χ1n) is 6.45. The minimum absolute atomic E-state index is 0.0451. The fraction of sp³-hybridized carbons (Fsp3) is 0.429. The number of hydrogen-bond donors (Lipinski definition) is 2. The number of hydrogen-bond acceptors (Lipinski definition) is 2. The number of benzene rings is 1. The van der Waals surface area contributed by atoms with Crippen molar-refractivity contribution in [2.24, 2.45) is 11.8 Å². The zero-order chi connectivity index (χ0) is 14.7. The predicted octanol–water partition coefficient (Wildman–Crippen LogP) is 2.71. The quantitative estimate of drug-likeness (QED) is 0.898. The maximum absolute atomic E-state index is 12.9. The molecule has 0 spiro atoms. The smallest absolute Gasteiger partial charge is 0.306 e.